The summed E-state index contributed by atoms with van der Waals surface area (Å²) in [4.78, 5) is 37.5. The smallest absolute Gasteiger partial charge is 0.376 e. The van der Waals surface area contributed by atoms with E-state index in [1.807, 2.05) is 6.92 Å². The Balaban J connectivity index is 1.67. The van der Waals surface area contributed by atoms with Crippen LogP contribution in [0.25, 0.3) is 10.8 Å². The number of aryl methyl sites for hydroxylation is 1. The maximum Gasteiger partial charge on any atom is 0.416 e. The highest BCUT2D eigenvalue weighted by Crippen LogP contribution is 2.30. The topological polar surface area (TPSA) is 105 Å². The number of nitrogens with one attached hydrogen (secondary N) is 3. The van der Waals surface area contributed by atoms with E-state index < -0.39 is 23.6 Å². The van der Waals surface area contributed by atoms with Crippen LogP contribution in [0.2, 0.25) is 0 Å². The second kappa shape index (κ2) is 10.8. The first-order valence-electron chi connectivity index (χ1n) is 10.7. The molecule has 11 heteroatoms. The van der Waals surface area contributed by atoms with Gasteiger partial charge in [-0.25, -0.2) is 4.68 Å². The van der Waals surface area contributed by atoms with E-state index in [9.17, 15) is 27.6 Å². The largest absolute Gasteiger partial charge is 0.416 e. The van der Waals surface area contributed by atoms with Crippen molar-refractivity contribution in [1.82, 2.24) is 20.6 Å². The number of fused-ring (bicyclic) bond motifs is 1. The van der Waals surface area contributed by atoms with Gasteiger partial charge >= 0.3 is 6.18 Å². The summed E-state index contributed by atoms with van der Waals surface area (Å²) in [6.07, 6.45) is -1.93. The van der Waals surface area contributed by atoms with Gasteiger partial charge in [0.15, 0.2) is 5.69 Å². The highest BCUT2D eigenvalue weighted by atomic mass is 19.4. The molecule has 3 rings (SSSR count). The molecule has 3 aromatic rings. The van der Waals surface area contributed by atoms with Crippen molar-refractivity contribution in [1.29, 1.82) is 0 Å². The third-order valence-corrected chi connectivity index (χ3v) is 5.01. The van der Waals surface area contributed by atoms with Gasteiger partial charge in [0, 0.05) is 17.6 Å². The van der Waals surface area contributed by atoms with Crippen LogP contribution in [-0.2, 0) is 17.5 Å². The highest BCUT2D eigenvalue weighted by molar-refractivity contribution is 6.05. The van der Waals surface area contributed by atoms with Crippen LogP contribution in [0.4, 0.5) is 18.9 Å². The van der Waals surface area contributed by atoms with E-state index >= 15 is 0 Å². The van der Waals surface area contributed by atoms with Gasteiger partial charge in [0.1, 0.15) is 0 Å². The molecule has 0 atom stereocenters. The summed E-state index contributed by atoms with van der Waals surface area (Å²) >= 11 is 0. The van der Waals surface area contributed by atoms with Crippen molar-refractivity contribution < 1.29 is 22.8 Å². The molecule has 2 aromatic carbocycles. The molecule has 0 saturated carbocycles. The Morgan fingerprint density at radius 2 is 1.74 bits per heavy atom. The third kappa shape index (κ3) is 6.12. The number of carbonyl (C=O) groups excluding carboxylic acids is 2. The monoisotopic (exact) mass is 475 g/mol. The van der Waals surface area contributed by atoms with Crippen molar-refractivity contribution in [3.05, 3.63) is 70.1 Å². The fourth-order valence-corrected chi connectivity index (χ4v) is 3.28. The van der Waals surface area contributed by atoms with Crippen LogP contribution in [0, 0.1) is 0 Å². The van der Waals surface area contributed by atoms with E-state index in [1.54, 1.807) is 24.3 Å². The Kier molecular flexibility index (Phi) is 7.87. The lowest BCUT2D eigenvalue weighted by Gasteiger charge is -2.13. The van der Waals surface area contributed by atoms with E-state index in [2.05, 4.69) is 21.3 Å². The first-order chi connectivity index (χ1) is 16.2. The van der Waals surface area contributed by atoms with Crippen LogP contribution in [0.15, 0.2) is 53.3 Å². The van der Waals surface area contributed by atoms with Crippen LogP contribution >= 0.6 is 0 Å². The molecular weight excluding hydrogens is 451 g/mol. The molecule has 0 bridgehead atoms. The van der Waals surface area contributed by atoms with Gasteiger partial charge in [0.05, 0.1) is 17.5 Å². The standard InChI is InChI=1S/C23H24F3N5O3/c1-2-3-6-12-31-22(34)18-11-5-4-10-17(18)20(30-31)21(33)29-28-19(32)14-27-16-9-7-8-15(13-16)23(24,25)26/h4-5,7-11,13,27H,2-3,6,12,14H2,1H3,(H,28,32)(H,29,33). The molecule has 0 radical (unpaired) electrons. The summed E-state index contributed by atoms with van der Waals surface area (Å²) in [5.74, 6) is -1.42. The summed E-state index contributed by atoms with van der Waals surface area (Å²) < 4.78 is 39.7. The molecule has 8 nitrogen and oxygen atoms in total. The van der Waals surface area contributed by atoms with Gasteiger partial charge in [0.2, 0.25) is 0 Å². The Labute approximate surface area is 193 Å². The first kappa shape index (κ1) is 24.7. The average molecular weight is 475 g/mol. The Morgan fingerprint density at radius 3 is 2.44 bits per heavy atom. The van der Waals surface area contributed by atoms with Crippen LogP contribution in [0.3, 0.4) is 0 Å². The Bertz CT molecular complexity index is 1240. The molecule has 0 fully saturated rings. The number of halogens is 3. The van der Waals surface area contributed by atoms with Crippen LogP contribution in [0.5, 0.6) is 0 Å². The number of nitrogens with zero attached hydrogens (tertiary/aromatic N) is 2. The summed E-state index contributed by atoms with van der Waals surface area (Å²) in [6, 6.07) is 10.9. The minimum atomic E-state index is -4.50. The molecular formula is C23H24F3N5O3. The fourth-order valence-electron chi connectivity index (χ4n) is 3.28. The molecule has 0 aliphatic rings. The zero-order valence-electron chi connectivity index (χ0n) is 18.4. The maximum atomic E-state index is 12.8. The molecule has 180 valence electrons. The number of aromatic nitrogens is 2. The molecule has 3 N–H and O–H groups in total. The molecule has 0 spiro atoms. The van der Waals surface area contributed by atoms with Gasteiger partial charge in [-0.1, -0.05) is 44.0 Å². The molecule has 0 saturated heterocycles. The third-order valence-electron chi connectivity index (χ3n) is 5.01. The number of hydrogen-bond donors (Lipinski definition) is 3. The summed E-state index contributed by atoms with van der Waals surface area (Å²) in [7, 11) is 0. The Morgan fingerprint density at radius 1 is 1.00 bits per heavy atom. The average Bonchev–Trinajstić information content (AvgIpc) is 2.82. The van der Waals surface area contributed by atoms with E-state index in [0.717, 1.165) is 31.4 Å². The number of benzene rings is 2. The number of amides is 2. The van der Waals surface area contributed by atoms with Gasteiger partial charge in [-0.3, -0.25) is 25.2 Å². The zero-order valence-corrected chi connectivity index (χ0v) is 18.4. The number of hydrogen-bond acceptors (Lipinski definition) is 5. The van der Waals surface area contributed by atoms with Crippen LogP contribution in [-0.4, -0.2) is 28.1 Å². The second-order valence-electron chi connectivity index (χ2n) is 7.56. The SMILES string of the molecule is CCCCCn1nc(C(=O)NNC(=O)CNc2cccc(C(F)(F)F)c2)c2ccccc2c1=O. The lowest BCUT2D eigenvalue weighted by molar-refractivity contribution is -0.137. The van der Waals surface area contributed by atoms with Crippen LogP contribution in [0.1, 0.15) is 42.2 Å². The van der Waals surface area contributed by atoms with E-state index in [0.29, 0.717) is 17.3 Å². The lowest BCUT2D eigenvalue weighted by atomic mass is 10.1. The molecule has 0 aliphatic carbocycles. The van der Waals surface area contributed by atoms with Gasteiger partial charge in [-0.15, -0.1) is 0 Å². The van der Waals surface area contributed by atoms with Gasteiger partial charge in [-0.2, -0.15) is 18.3 Å². The quantitative estimate of drug-likeness (QED) is 0.342. The van der Waals surface area contributed by atoms with E-state index in [-0.39, 0.29) is 23.5 Å². The van der Waals surface area contributed by atoms with E-state index in [1.165, 1.54) is 16.8 Å². The lowest BCUT2D eigenvalue weighted by Crippen LogP contribution is -2.45. The Hall–Kier alpha value is -3.89. The molecule has 0 aliphatic heterocycles. The summed E-state index contributed by atoms with van der Waals surface area (Å²) in [6.45, 7) is 2.00. The number of anilines is 1. The van der Waals surface area contributed by atoms with Crippen molar-refractivity contribution >= 4 is 28.3 Å². The predicted octanol–water partition coefficient (Wildman–Crippen LogP) is 3.48. The van der Waals surface area contributed by atoms with E-state index in [4.69, 9.17) is 0 Å². The predicted molar refractivity (Wildman–Crippen MR) is 121 cm³/mol. The number of alkyl halides is 3. The minimum absolute atomic E-state index is 0.0298. The number of hydrazine groups is 1. The highest BCUT2D eigenvalue weighted by Gasteiger charge is 2.30. The number of rotatable bonds is 8. The first-order valence-corrected chi connectivity index (χ1v) is 10.7. The van der Waals surface area contributed by atoms with Crippen LogP contribution < -0.4 is 21.7 Å². The summed E-state index contributed by atoms with van der Waals surface area (Å²) in [5, 5.41) is 7.44. The summed E-state index contributed by atoms with van der Waals surface area (Å²) in [5.41, 5.74) is 3.35. The van der Waals surface area contributed by atoms with Crippen molar-refractivity contribution in [3.8, 4) is 0 Å². The van der Waals surface area contributed by atoms with Crippen molar-refractivity contribution in [2.24, 2.45) is 0 Å². The van der Waals surface area contributed by atoms with Crippen molar-refractivity contribution in [3.63, 3.8) is 0 Å². The normalized spacial score (nSPS) is 11.3. The molecule has 2 amide bonds. The zero-order chi connectivity index (χ0) is 24.7. The minimum Gasteiger partial charge on any atom is -0.376 e. The second-order valence-corrected chi connectivity index (χ2v) is 7.56. The van der Waals surface area contributed by atoms with Gasteiger partial charge in [-0.05, 0) is 30.7 Å². The molecule has 34 heavy (non-hydrogen) atoms. The molecule has 1 aromatic heterocycles. The fraction of sp³-hybridized carbons (Fsp3) is 0.304. The van der Waals surface area contributed by atoms with Crippen molar-refractivity contribution in [2.75, 3.05) is 11.9 Å². The molecule has 1 heterocycles. The van der Waals surface area contributed by atoms with Crippen molar-refractivity contribution in [2.45, 2.75) is 38.9 Å². The maximum absolute atomic E-state index is 12.8. The number of carbonyl (C=O) groups is 2. The number of unbranched alkanes of at least 4 members (excludes halogenated alkanes) is 2. The van der Waals surface area contributed by atoms with Gasteiger partial charge in [0.25, 0.3) is 17.4 Å². The van der Waals surface area contributed by atoms with Gasteiger partial charge < -0.3 is 5.32 Å². The molecule has 0 unspecified atom stereocenters.